The molecule has 0 atom stereocenters. The monoisotopic (exact) mass is 415 g/mol. The molecule has 0 fully saturated rings. The smallest absolute Gasteiger partial charge is 0.262 e. The van der Waals surface area contributed by atoms with Gasteiger partial charge in [-0.05, 0) is 42.9 Å². The van der Waals surface area contributed by atoms with Crippen LogP contribution >= 0.6 is 12.2 Å². The molecule has 1 heterocycles. The molecule has 152 valence electrons. The third kappa shape index (κ3) is 4.60. The Morgan fingerprint density at radius 1 is 1.28 bits per heavy atom. The minimum Gasteiger partial charge on any atom is -0.385 e. The highest BCUT2D eigenvalue weighted by Gasteiger charge is 2.15. The second-order valence-corrected chi connectivity index (χ2v) is 7.13. The molecule has 29 heavy (non-hydrogen) atoms. The van der Waals surface area contributed by atoms with E-state index in [1.54, 1.807) is 50.6 Å². The summed E-state index contributed by atoms with van der Waals surface area (Å²) in [6.45, 7) is 1.12. The molecule has 0 aliphatic rings. The van der Waals surface area contributed by atoms with Crippen LogP contribution in [0.5, 0.6) is 0 Å². The van der Waals surface area contributed by atoms with Crippen molar-refractivity contribution in [1.29, 1.82) is 0 Å². The fourth-order valence-corrected chi connectivity index (χ4v) is 3.42. The van der Waals surface area contributed by atoms with Crippen molar-refractivity contribution in [2.45, 2.75) is 19.5 Å². The first kappa shape index (κ1) is 20.9. The molecular weight excluding hydrogens is 393 g/mol. The Balaban J connectivity index is 1.88. The lowest BCUT2D eigenvalue weighted by Gasteiger charge is -2.18. The molecule has 1 N–H and O–H groups in total. The summed E-state index contributed by atoms with van der Waals surface area (Å²) in [5, 5.41) is 0.448. The van der Waals surface area contributed by atoms with Crippen LogP contribution in [0.15, 0.2) is 47.3 Å². The third-order valence-electron chi connectivity index (χ3n) is 4.67. The number of aromatic nitrogens is 2. The van der Waals surface area contributed by atoms with Crippen LogP contribution in [0.25, 0.3) is 10.9 Å². The van der Waals surface area contributed by atoms with E-state index in [-0.39, 0.29) is 23.8 Å². The lowest BCUT2D eigenvalue weighted by Crippen LogP contribution is -2.27. The first-order valence-electron chi connectivity index (χ1n) is 9.17. The number of amides is 1. The van der Waals surface area contributed by atoms with E-state index in [2.05, 4.69) is 4.98 Å². The van der Waals surface area contributed by atoms with Gasteiger partial charge in [-0.3, -0.25) is 14.2 Å². The van der Waals surface area contributed by atoms with Crippen molar-refractivity contribution in [3.8, 4) is 0 Å². The van der Waals surface area contributed by atoms with Gasteiger partial charge in [0.2, 0.25) is 0 Å². The summed E-state index contributed by atoms with van der Waals surface area (Å²) in [7, 11) is 3.21. The van der Waals surface area contributed by atoms with Gasteiger partial charge in [0, 0.05) is 45.0 Å². The number of benzene rings is 2. The number of carbonyl (C=O) groups is 1. The first-order chi connectivity index (χ1) is 13.9. The Morgan fingerprint density at radius 2 is 2.03 bits per heavy atom. The summed E-state index contributed by atoms with van der Waals surface area (Å²) < 4.78 is 20.7. The highest BCUT2D eigenvalue weighted by atomic mass is 32.1. The Hall–Kier alpha value is -2.84. The summed E-state index contributed by atoms with van der Waals surface area (Å²) in [6, 6.07) is 11.1. The lowest BCUT2D eigenvalue weighted by molar-refractivity contribution is 0.0784. The molecule has 0 aliphatic heterocycles. The van der Waals surface area contributed by atoms with E-state index in [1.165, 1.54) is 15.5 Å². The average molecular weight is 415 g/mol. The van der Waals surface area contributed by atoms with Crippen LogP contribution < -0.4 is 5.56 Å². The van der Waals surface area contributed by atoms with Gasteiger partial charge in [-0.25, -0.2) is 4.39 Å². The molecule has 2 aromatic carbocycles. The van der Waals surface area contributed by atoms with Gasteiger partial charge in [-0.2, -0.15) is 0 Å². The maximum absolute atomic E-state index is 13.9. The van der Waals surface area contributed by atoms with Crippen molar-refractivity contribution in [1.82, 2.24) is 14.5 Å². The van der Waals surface area contributed by atoms with E-state index in [0.29, 0.717) is 46.4 Å². The van der Waals surface area contributed by atoms with Crippen LogP contribution in [0.1, 0.15) is 22.3 Å². The van der Waals surface area contributed by atoms with Gasteiger partial charge < -0.3 is 14.6 Å². The molecule has 3 aromatic rings. The van der Waals surface area contributed by atoms with Crippen molar-refractivity contribution in [2.75, 3.05) is 20.8 Å². The first-order valence-corrected chi connectivity index (χ1v) is 9.58. The van der Waals surface area contributed by atoms with Gasteiger partial charge in [0.05, 0.1) is 10.9 Å². The standard InChI is InChI=1S/C21H22FN3O3S/c1-24(13-15-6-3-4-7-17(15)22)19(26)14-8-9-16-18(12-14)23-21(29)25(20(16)27)10-5-11-28-2/h3-4,6-9,12H,5,10-11,13H2,1-2H3,(H,23,29). The van der Waals surface area contributed by atoms with Gasteiger partial charge in [0.25, 0.3) is 11.5 Å². The Kier molecular flexibility index (Phi) is 6.56. The van der Waals surface area contributed by atoms with Crippen LogP contribution in [0.4, 0.5) is 4.39 Å². The summed E-state index contributed by atoms with van der Waals surface area (Å²) >= 11 is 5.31. The second-order valence-electron chi connectivity index (χ2n) is 6.75. The number of carbonyl (C=O) groups excluding carboxylic acids is 1. The maximum atomic E-state index is 13.9. The molecule has 0 aliphatic carbocycles. The highest BCUT2D eigenvalue weighted by molar-refractivity contribution is 7.71. The molecule has 1 aromatic heterocycles. The summed E-state index contributed by atoms with van der Waals surface area (Å²) in [5.41, 5.74) is 1.10. The topological polar surface area (TPSA) is 67.3 Å². The van der Waals surface area contributed by atoms with Crippen molar-refractivity contribution >= 4 is 29.0 Å². The summed E-state index contributed by atoms with van der Waals surface area (Å²) in [5.74, 6) is -0.637. The summed E-state index contributed by atoms with van der Waals surface area (Å²) in [4.78, 5) is 30.0. The van der Waals surface area contributed by atoms with E-state index in [9.17, 15) is 14.0 Å². The van der Waals surface area contributed by atoms with E-state index in [1.807, 2.05) is 0 Å². The quantitative estimate of drug-likeness (QED) is 0.474. The highest BCUT2D eigenvalue weighted by Crippen LogP contribution is 2.15. The molecule has 8 heteroatoms. The molecule has 0 radical (unpaired) electrons. The number of nitrogens with zero attached hydrogens (tertiary/aromatic N) is 2. The third-order valence-corrected chi connectivity index (χ3v) is 4.99. The largest absolute Gasteiger partial charge is 0.385 e. The predicted molar refractivity (Wildman–Crippen MR) is 112 cm³/mol. The van der Waals surface area contributed by atoms with Crippen molar-refractivity contribution < 1.29 is 13.9 Å². The Labute approximate surface area is 172 Å². The zero-order valence-corrected chi connectivity index (χ0v) is 17.1. The van der Waals surface area contributed by atoms with Gasteiger partial charge in [0.15, 0.2) is 4.77 Å². The number of rotatable bonds is 7. The van der Waals surface area contributed by atoms with E-state index in [0.717, 1.165) is 0 Å². The van der Waals surface area contributed by atoms with Crippen LogP contribution in [0, 0.1) is 10.6 Å². The van der Waals surface area contributed by atoms with Crippen LogP contribution in [0.2, 0.25) is 0 Å². The number of H-pyrrole nitrogens is 1. The van der Waals surface area contributed by atoms with E-state index < -0.39 is 0 Å². The van der Waals surface area contributed by atoms with Crippen LogP contribution in [-0.4, -0.2) is 41.1 Å². The Bertz CT molecular complexity index is 1160. The molecule has 0 spiro atoms. The normalized spacial score (nSPS) is 11.0. The zero-order chi connectivity index (χ0) is 21.0. The molecule has 6 nitrogen and oxygen atoms in total. The van der Waals surface area contributed by atoms with Crippen molar-refractivity contribution in [3.05, 3.63) is 74.5 Å². The van der Waals surface area contributed by atoms with Crippen LogP contribution in [0.3, 0.4) is 0 Å². The van der Waals surface area contributed by atoms with Gasteiger partial charge >= 0.3 is 0 Å². The average Bonchev–Trinajstić information content (AvgIpc) is 2.71. The fourth-order valence-electron chi connectivity index (χ4n) is 3.13. The number of ether oxygens (including phenoxy) is 1. The molecule has 0 saturated carbocycles. The predicted octanol–water partition coefficient (Wildman–Crippen LogP) is 3.51. The number of fused-ring (bicyclic) bond motifs is 1. The zero-order valence-electron chi connectivity index (χ0n) is 16.3. The summed E-state index contributed by atoms with van der Waals surface area (Å²) in [6.07, 6.45) is 0.663. The minimum absolute atomic E-state index is 0.140. The SMILES string of the molecule is COCCCn1c(=S)[nH]c2cc(C(=O)N(C)Cc3ccccc3F)ccc2c1=O. The van der Waals surface area contributed by atoms with Crippen LogP contribution in [-0.2, 0) is 17.8 Å². The van der Waals surface area contributed by atoms with E-state index >= 15 is 0 Å². The molecular formula is C21H22FN3O3S. The lowest BCUT2D eigenvalue weighted by atomic mass is 10.1. The minimum atomic E-state index is -0.358. The van der Waals surface area contributed by atoms with Gasteiger partial charge in [0.1, 0.15) is 5.82 Å². The molecule has 0 unspecified atom stereocenters. The van der Waals surface area contributed by atoms with Gasteiger partial charge in [-0.1, -0.05) is 18.2 Å². The van der Waals surface area contributed by atoms with Gasteiger partial charge in [-0.15, -0.1) is 0 Å². The molecule has 1 amide bonds. The van der Waals surface area contributed by atoms with E-state index in [4.69, 9.17) is 17.0 Å². The number of hydrogen-bond donors (Lipinski definition) is 1. The second kappa shape index (κ2) is 9.11. The maximum Gasteiger partial charge on any atom is 0.262 e. The molecule has 3 rings (SSSR count). The number of halogens is 1. The van der Waals surface area contributed by atoms with Crippen molar-refractivity contribution in [3.63, 3.8) is 0 Å². The number of nitrogens with one attached hydrogen (secondary N) is 1. The van der Waals surface area contributed by atoms with Crippen molar-refractivity contribution in [2.24, 2.45) is 0 Å². The number of hydrogen-bond acceptors (Lipinski definition) is 4. The molecule has 0 bridgehead atoms. The molecule has 0 saturated heterocycles. The fraction of sp³-hybridized carbons (Fsp3) is 0.286. The number of aromatic amines is 1. The Morgan fingerprint density at radius 3 is 2.76 bits per heavy atom. The number of methoxy groups -OCH3 is 1.